The number of pyridine rings is 2. The van der Waals surface area contributed by atoms with Crippen molar-refractivity contribution in [3.05, 3.63) is 68.2 Å². The van der Waals surface area contributed by atoms with Gasteiger partial charge in [-0.25, -0.2) is 26.7 Å². The molecule has 7 rings (SSSR count). The second-order valence-electron chi connectivity index (χ2n) is 13.8. The number of urea groups is 1. The number of carbonyl (C=O) groups is 1. The van der Waals surface area contributed by atoms with E-state index in [0.717, 1.165) is 23.5 Å². The maximum atomic E-state index is 16.1. The van der Waals surface area contributed by atoms with E-state index in [9.17, 15) is 18.8 Å². The molecule has 0 saturated carbocycles. The highest BCUT2D eigenvalue weighted by molar-refractivity contribution is 7.18. The number of aromatic nitrogens is 4. The fourth-order valence-electron chi connectivity index (χ4n) is 7.21. The fraction of sp³-hybridized carbons (Fsp3) is 0.417. The summed E-state index contributed by atoms with van der Waals surface area (Å²) >= 11 is 0.751. The van der Waals surface area contributed by atoms with Gasteiger partial charge in [-0.15, -0.1) is 10.2 Å². The summed E-state index contributed by atoms with van der Waals surface area (Å²) in [4.78, 5) is 47.6. The Morgan fingerprint density at radius 3 is 2.09 bits per heavy atom. The highest BCUT2D eigenvalue weighted by Gasteiger charge is 2.30. The molecule has 2 saturated heterocycles. The van der Waals surface area contributed by atoms with Crippen LogP contribution in [0.5, 0.6) is 0 Å². The highest BCUT2D eigenvalue weighted by atomic mass is 32.1. The second kappa shape index (κ2) is 15.2. The molecule has 292 valence electrons. The second-order valence-corrected chi connectivity index (χ2v) is 14.8. The minimum atomic E-state index is -0.973. The zero-order chi connectivity index (χ0) is 39.3. The largest absolute Gasteiger partial charge is 0.364 e. The normalized spacial score (nSPS) is 17.1. The van der Waals surface area contributed by atoms with Gasteiger partial charge in [0.15, 0.2) is 22.1 Å². The summed E-state index contributed by atoms with van der Waals surface area (Å²) in [6, 6.07) is 1.03. The van der Waals surface area contributed by atoms with Gasteiger partial charge < -0.3 is 34.1 Å². The van der Waals surface area contributed by atoms with Crippen LogP contribution in [0, 0.1) is 23.3 Å². The zero-order valence-corrected chi connectivity index (χ0v) is 31.4. The number of benzene rings is 2. The van der Waals surface area contributed by atoms with Gasteiger partial charge in [0.2, 0.25) is 10.6 Å². The van der Waals surface area contributed by atoms with E-state index in [1.54, 1.807) is 16.7 Å². The lowest BCUT2D eigenvalue weighted by Gasteiger charge is -2.39. The van der Waals surface area contributed by atoms with Crippen molar-refractivity contribution in [3.8, 4) is 10.6 Å². The van der Waals surface area contributed by atoms with E-state index in [1.165, 1.54) is 21.5 Å². The van der Waals surface area contributed by atoms with Crippen molar-refractivity contribution in [2.75, 3.05) is 87.0 Å². The van der Waals surface area contributed by atoms with Crippen molar-refractivity contribution in [2.45, 2.75) is 33.0 Å². The Hall–Kier alpha value is -5.14. The Balaban J connectivity index is 1.16. The Morgan fingerprint density at radius 1 is 0.836 bits per heavy atom. The SMILES string of the molecule is CCn1cc(NC(=O)Nc2nnc(-c3cn(CCF)c4c(F)c(N5CCN(C)CC5)c(F)cc4c3=O)s2)c(=O)c2cc(F)c(N3CCN(C)C(C)C3)c(F)c21. The summed E-state index contributed by atoms with van der Waals surface area (Å²) in [5.74, 6) is -3.68. The number of aryl methyl sites for hydroxylation is 2. The zero-order valence-electron chi connectivity index (χ0n) is 30.6. The Labute approximate surface area is 315 Å². The first kappa shape index (κ1) is 38.1. The van der Waals surface area contributed by atoms with E-state index in [0.29, 0.717) is 45.8 Å². The van der Waals surface area contributed by atoms with E-state index >= 15 is 17.6 Å². The number of alkyl halides is 1. The molecule has 1 atom stereocenters. The van der Waals surface area contributed by atoms with Crippen molar-refractivity contribution in [3.63, 3.8) is 0 Å². The van der Waals surface area contributed by atoms with Crippen LogP contribution in [0.1, 0.15) is 13.8 Å². The average molecular weight is 787 g/mol. The van der Waals surface area contributed by atoms with Crippen molar-refractivity contribution in [1.29, 1.82) is 0 Å². The molecule has 0 spiro atoms. The third kappa shape index (κ3) is 6.99. The Kier molecular flexibility index (Phi) is 10.5. The molecule has 55 heavy (non-hydrogen) atoms. The summed E-state index contributed by atoms with van der Waals surface area (Å²) in [5.41, 5.74) is -2.83. The highest BCUT2D eigenvalue weighted by Crippen LogP contribution is 2.34. The van der Waals surface area contributed by atoms with Crippen molar-refractivity contribution in [2.24, 2.45) is 0 Å². The number of halogens is 5. The molecule has 5 aromatic rings. The minimum absolute atomic E-state index is 0.0330. The molecular weight excluding hydrogens is 748 g/mol. The number of anilines is 4. The average Bonchev–Trinajstić information content (AvgIpc) is 3.60. The van der Waals surface area contributed by atoms with E-state index in [-0.39, 0.29) is 73.7 Å². The number of likely N-dealkylation sites (N-methyl/N-ethyl adjacent to an activating group) is 2. The van der Waals surface area contributed by atoms with Crippen molar-refractivity contribution in [1.82, 2.24) is 29.1 Å². The van der Waals surface area contributed by atoms with Gasteiger partial charge in [0, 0.05) is 70.8 Å². The number of nitrogens with zero attached hydrogens (tertiary/aromatic N) is 8. The molecule has 3 aromatic heterocycles. The van der Waals surface area contributed by atoms with Crippen LogP contribution in [0.15, 0.2) is 34.1 Å². The number of hydrogen-bond acceptors (Lipinski definition) is 10. The first-order valence-electron chi connectivity index (χ1n) is 17.8. The number of amides is 2. The molecular formula is C36H39F5N10O3S. The quantitative estimate of drug-likeness (QED) is 0.211. The number of fused-ring (bicyclic) bond motifs is 2. The Bertz CT molecular complexity index is 2430. The summed E-state index contributed by atoms with van der Waals surface area (Å²) in [6.45, 7) is 5.87. The Morgan fingerprint density at radius 2 is 1.45 bits per heavy atom. The molecule has 0 radical (unpaired) electrons. The molecule has 2 fully saturated rings. The third-order valence-electron chi connectivity index (χ3n) is 10.3. The number of carbonyl (C=O) groups excluding carboxylic acids is 1. The lowest BCUT2D eigenvalue weighted by molar-refractivity contribution is 0.232. The van der Waals surface area contributed by atoms with Crippen LogP contribution in [0.4, 0.5) is 48.9 Å². The first-order chi connectivity index (χ1) is 26.3. The van der Waals surface area contributed by atoms with Crippen LogP contribution in [0.25, 0.3) is 32.4 Å². The fourth-order valence-corrected chi connectivity index (χ4v) is 7.95. The summed E-state index contributed by atoms with van der Waals surface area (Å²) < 4.78 is 79.5. The number of rotatable bonds is 8. The molecule has 0 bridgehead atoms. The van der Waals surface area contributed by atoms with E-state index < -0.39 is 46.8 Å². The van der Waals surface area contributed by atoms with Crippen LogP contribution < -0.4 is 31.3 Å². The van der Waals surface area contributed by atoms with Crippen LogP contribution in [-0.2, 0) is 13.1 Å². The van der Waals surface area contributed by atoms with Gasteiger partial charge >= 0.3 is 6.03 Å². The maximum absolute atomic E-state index is 16.1. The molecule has 2 aromatic carbocycles. The molecule has 2 aliphatic heterocycles. The minimum Gasteiger partial charge on any atom is -0.364 e. The van der Waals surface area contributed by atoms with Crippen molar-refractivity contribution < 1.29 is 26.7 Å². The van der Waals surface area contributed by atoms with Gasteiger partial charge in [-0.1, -0.05) is 11.3 Å². The smallest absolute Gasteiger partial charge is 0.325 e. The first-order valence-corrected chi connectivity index (χ1v) is 18.6. The van der Waals surface area contributed by atoms with Gasteiger partial charge in [0.05, 0.1) is 33.9 Å². The molecule has 13 nitrogen and oxygen atoms in total. The molecule has 2 N–H and O–H groups in total. The number of piperazine rings is 2. The van der Waals surface area contributed by atoms with E-state index in [4.69, 9.17) is 0 Å². The molecule has 19 heteroatoms. The van der Waals surface area contributed by atoms with Crippen LogP contribution >= 0.6 is 11.3 Å². The van der Waals surface area contributed by atoms with Gasteiger partial charge in [-0.3, -0.25) is 14.9 Å². The van der Waals surface area contributed by atoms with Gasteiger partial charge in [0.1, 0.15) is 35.4 Å². The predicted molar refractivity (Wildman–Crippen MR) is 203 cm³/mol. The summed E-state index contributed by atoms with van der Waals surface area (Å²) in [6.07, 6.45) is 2.49. The molecule has 5 heterocycles. The van der Waals surface area contributed by atoms with Crippen molar-refractivity contribution >= 4 is 61.4 Å². The van der Waals surface area contributed by atoms with Crippen LogP contribution in [-0.4, -0.2) is 108 Å². The third-order valence-corrected chi connectivity index (χ3v) is 11.2. The maximum Gasteiger partial charge on any atom is 0.325 e. The molecule has 0 aliphatic carbocycles. The lowest BCUT2D eigenvalue weighted by Crippen LogP contribution is -2.50. The van der Waals surface area contributed by atoms with Crippen LogP contribution in [0.3, 0.4) is 0 Å². The van der Waals surface area contributed by atoms with E-state index in [1.807, 2.05) is 25.9 Å². The topological polar surface area (TPSA) is 124 Å². The summed E-state index contributed by atoms with van der Waals surface area (Å²) in [5, 5.41) is 12.0. The lowest BCUT2D eigenvalue weighted by atomic mass is 10.1. The molecule has 2 amide bonds. The summed E-state index contributed by atoms with van der Waals surface area (Å²) in [7, 11) is 3.84. The van der Waals surface area contributed by atoms with Gasteiger partial charge in [-0.2, -0.15) is 0 Å². The monoisotopic (exact) mass is 786 g/mol. The molecule has 1 unspecified atom stereocenters. The van der Waals surface area contributed by atoms with Gasteiger partial charge in [0.25, 0.3) is 0 Å². The van der Waals surface area contributed by atoms with E-state index in [2.05, 4.69) is 25.7 Å². The number of hydrogen-bond donors (Lipinski definition) is 2. The molecule has 2 aliphatic rings. The van der Waals surface area contributed by atoms with Gasteiger partial charge in [-0.05, 0) is 40.1 Å². The predicted octanol–water partition coefficient (Wildman–Crippen LogP) is 4.92. The number of nitrogens with one attached hydrogen (secondary N) is 2. The standard InChI is InChI=1S/C36H39F5N10O3S/c1-5-48-18-25(33(53)21-15-24(39)31(26(40)28(21)48)51-13-10-47(4)19(2)16-51)42-35(54)43-36-45-44-34(55-36)22-17-50(7-6-37)29-20(32(22)52)14-23(38)30(27(29)41)49-11-8-46(3)9-12-49/h14-15,17-19H,5-13,16H2,1-4H3,(H2,42,43,45,54). The van der Waals surface area contributed by atoms with Crippen LogP contribution in [0.2, 0.25) is 0 Å².